The lowest BCUT2D eigenvalue weighted by Gasteiger charge is -2.09. The molecular weight excluding hydrogens is 326 g/mol. The van der Waals surface area contributed by atoms with Crippen molar-refractivity contribution in [3.63, 3.8) is 0 Å². The lowest BCUT2D eigenvalue weighted by atomic mass is 10.1. The van der Waals surface area contributed by atoms with Crippen molar-refractivity contribution in [3.8, 4) is 5.69 Å². The molecule has 0 atom stereocenters. The number of anilines is 1. The van der Waals surface area contributed by atoms with Crippen LogP contribution in [0.25, 0.3) is 5.69 Å². The van der Waals surface area contributed by atoms with Crippen LogP contribution in [0.5, 0.6) is 0 Å². The highest BCUT2D eigenvalue weighted by molar-refractivity contribution is 6.04. The average Bonchev–Trinajstić information content (AvgIpc) is 3.08. The molecule has 8 heteroatoms. The van der Waals surface area contributed by atoms with Crippen molar-refractivity contribution in [1.82, 2.24) is 9.55 Å². The molecule has 1 N–H and O–H groups in total. The standard InChI is InChI=1S/C16H9F4N3O/c17-11-7-12(18)15(20)13(14(11)19)16(24)22-9-1-3-10(4-2-9)23-6-5-21-8-23/h1-8H,(H,22,24). The van der Waals surface area contributed by atoms with E-state index < -0.39 is 34.7 Å². The summed E-state index contributed by atoms with van der Waals surface area (Å²) in [5.74, 6) is -8.08. The van der Waals surface area contributed by atoms with Gasteiger partial charge in [-0.25, -0.2) is 22.5 Å². The predicted molar refractivity (Wildman–Crippen MR) is 77.8 cm³/mol. The third-order valence-corrected chi connectivity index (χ3v) is 3.27. The molecule has 3 rings (SSSR count). The Hall–Kier alpha value is -3.16. The fourth-order valence-electron chi connectivity index (χ4n) is 2.09. The Kier molecular flexibility index (Phi) is 4.03. The molecule has 3 aromatic rings. The highest BCUT2D eigenvalue weighted by Crippen LogP contribution is 2.21. The SMILES string of the molecule is O=C(Nc1ccc(-n2ccnc2)cc1)c1c(F)c(F)cc(F)c1F. The first-order chi connectivity index (χ1) is 11.5. The van der Waals surface area contributed by atoms with Gasteiger partial charge in [-0.15, -0.1) is 0 Å². The molecule has 0 unspecified atom stereocenters. The summed E-state index contributed by atoms with van der Waals surface area (Å²) in [5, 5.41) is 2.19. The number of imidazole rings is 1. The zero-order valence-electron chi connectivity index (χ0n) is 11.9. The number of benzene rings is 2. The number of nitrogens with one attached hydrogen (secondary N) is 1. The average molecular weight is 335 g/mol. The summed E-state index contributed by atoms with van der Waals surface area (Å²) in [5.41, 5.74) is -0.377. The number of amides is 1. The molecule has 0 saturated carbocycles. The number of rotatable bonds is 3. The van der Waals surface area contributed by atoms with Crippen molar-refractivity contribution >= 4 is 11.6 Å². The fourth-order valence-corrected chi connectivity index (χ4v) is 2.09. The normalized spacial score (nSPS) is 10.7. The van der Waals surface area contributed by atoms with Gasteiger partial charge in [-0.05, 0) is 24.3 Å². The summed E-state index contributed by atoms with van der Waals surface area (Å²) in [7, 11) is 0. The molecule has 1 aromatic heterocycles. The first-order valence-corrected chi connectivity index (χ1v) is 6.70. The summed E-state index contributed by atoms with van der Waals surface area (Å²) >= 11 is 0. The van der Waals surface area contributed by atoms with Crippen LogP contribution >= 0.6 is 0 Å². The van der Waals surface area contributed by atoms with Gasteiger partial charge in [0.15, 0.2) is 23.3 Å². The van der Waals surface area contributed by atoms with E-state index in [0.717, 1.165) is 5.69 Å². The number of carbonyl (C=O) groups excluding carboxylic acids is 1. The van der Waals surface area contributed by atoms with Crippen LogP contribution in [0.4, 0.5) is 23.2 Å². The second-order valence-electron chi connectivity index (χ2n) is 4.81. The maximum atomic E-state index is 13.6. The van der Waals surface area contributed by atoms with Gasteiger partial charge in [-0.3, -0.25) is 4.79 Å². The van der Waals surface area contributed by atoms with E-state index in [4.69, 9.17) is 0 Å². The zero-order chi connectivity index (χ0) is 17.3. The van der Waals surface area contributed by atoms with Gasteiger partial charge in [0, 0.05) is 29.8 Å². The van der Waals surface area contributed by atoms with Crippen molar-refractivity contribution in [2.75, 3.05) is 5.32 Å². The predicted octanol–water partition coefficient (Wildman–Crippen LogP) is 3.68. The minimum atomic E-state index is -1.75. The second-order valence-corrected chi connectivity index (χ2v) is 4.81. The van der Waals surface area contributed by atoms with Crippen LogP contribution in [0, 0.1) is 23.3 Å². The molecule has 0 aliphatic heterocycles. The quantitative estimate of drug-likeness (QED) is 0.586. The number of halogens is 4. The maximum Gasteiger partial charge on any atom is 0.261 e. The largest absolute Gasteiger partial charge is 0.322 e. The molecule has 2 aromatic carbocycles. The molecule has 0 aliphatic rings. The van der Waals surface area contributed by atoms with Crippen molar-refractivity contribution in [1.29, 1.82) is 0 Å². The molecule has 0 radical (unpaired) electrons. The van der Waals surface area contributed by atoms with E-state index in [1.807, 2.05) is 0 Å². The molecule has 1 amide bonds. The number of hydrogen-bond acceptors (Lipinski definition) is 2. The first-order valence-electron chi connectivity index (χ1n) is 6.70. The van der Waals surface area contributed by atoms with Crippen LogP contribution in [-0.4, -0.2) is 15.5 Å². The Labute approximate surface area is 133 Å². The van der Waals surface area contributed by atoms with Crippen LogP contribution in [0.2, 0.25) is 0 Å². The Bertz CT molecular complexity index is 866. The van der Waals surface area contributed by atoms with Crippen molar-refractivity contribution < 1.29 is 22.4 Å². The van der Waals surface area contributed by atoms with E-state index in [1.165, 1.54) is 12.1 Å². The maximum absolute atomic E-state index is 13.6. The van der Waals surface area contributed by atoms with Gasteiger partial charge < -0.3 is 9.88 Å². The van der Waals surface area contributed by atoms with Gasteiger partial charge in [0.2, 0.25) is 0 Å². The van der Waals surface area contributed by atoms with Crippen molar-refractivity contribution in [2.24, 2.45) is 0 Å². The Morgan fingerprint density at radius 2 is 1.62 bits per heavy atom. The molecule has 0 fully saturated rings. The van der Waals surface area contributed by atoms with E-state index in [2.05, 4.69) is 10.3 Å². The minimum absolute atomic E-state index is 0.0430. The van der Waals surface area contributed by atoms with Gasteiger partial charge in [0.1, 0.15) is 5.56 Å². The molecular formula is C16H9F4N3O. The fraction of sp³-hybridized carbons (Fsp3) is 0. The number of aromatic nitrogens is 2. The number of carbonyl (C=O) groups is 1. The molecule has 0 saturated heterocycles. The third kappa shape index (κ3) is 2.85. The molecule has 0 aliphatic carbocycles. The Balaban J connectivity index is 1.86. The highest BCUT2D eigenvalue weighted by atomic mass is 19.2. The summed E-state index contributed by atoms with van der Waals surface area (Å²) < 4.78 is 55.2. The number of nitrogens with zero attached hydrogens (tertiary/aromatic N) is 2. The molecule has 4 nitrogen and oxygen atoms in total. The minimum Gasteiger partial charge on any atom is -0.322 e. The van der Waals surface area contributed by atoms with E-state index in [1.54, 1.807) is 35.4 Å². The summed E-state index contributed by atoms with van der Waals surface area (Å²) in [6.07, 6.45) is 4.85. The van der Waals surface area contributed by atoms with E-state index in [9.17, 15) is 22.4 Å². The molecule has 0 bridgehead atoms. The number of hydrogen-bond donors (Lipinski definition) is 1. The van der Waals surface area contributed by atoms with Gasteiger partial charge >= 0.3 is 0 Å². The van der Waals surface area contributed by atoms with Crippen LogP contribution in [-0.2, 0) is 0 Å². The van der Waals surface area contributed by atoms with Crippen LogP contribution < -0.4 is 5.32 Å². The van der Waals surface area contributed by atoms with Gasteiger partial charge in [-0.2, -0.15) is 0 Å². The van der Waals surface area contributed by atoms with E-state index in [0.29, 0.717) is 0 Å². The lowest BCUT2D eigenvalue weighted by molar-refractivity contribution is 0.101. The molecule has 24 heavy (non-hydrogen) atoms. The van der Waals surface area contributed by atoms with Crippen LogP contribution in [0.1, 0.15) is 10.4 Å². The van der Waals surface area contributed by atoms with E-state index in [-0.39, 0.29) is 11.8 Å². The van der Waals surface area contributed by atoms with Gasteiger partial charge in [0.05, 0.1) is 6.33 Å². The molecule has 0 spiro atoms. The highest BCUT2D eigenvalue weighted by Gasteiger charge is 2.24. The van der Waals surface area contributed by atoms with Crippen molar-refractivity contribution in [3.05, 3.63) is 77.9 Å². The Morgan fingerprint density at radius 3 is 2.17 bits per heavy atom. The summed E-state index contributed by atoms with van der Waals surface area (Å²) in [4.78, 5) is 15.8. The third-order valence-electron chi connectivity index (χ3n) is 3.27. The second kappa shape index (κ2) is 6.15. The summed E-state index contributed by atoms with van der Waals surface area (Å²) in [6.45, 7) is 0. The monoisotopic (exact) mass is 335 g/mol. The van der Waals surface area contributed by atoms with E-state index >= 15 is 0 Å². The lowest BCUT2D eigenvalue weighted by Crippen LogP contribution is -2.18. The van der Waals surface area contributed by atoms with Crippen LogP contribution in [0.3, 0.4) is 0 Å². The van der Waals surface area contributed by atoms with Gasteiger partial charge in [-0.1, -0.05) is 0 Å². The van der Waals surface area contributed by atoms with Gasteiger partial charge in [0.25, 0.3) is 5.91 Å². The molecule has 122 valence electrons. The summed E-state index contributed by atoms with van der Waals surface area (Å²) in [6, 6.07) is 6.23. The van der Waals surface area contributed by atoms with Crippen molar-refractivity contribution in [2.45, 2.75) is 0 Å². The zero-order valence-corrected chi connectivity index (χ0v) is 11.9. The van der Waals surface area contributed by atoms with Crippen LogP contribution in [0.15, 0.2) is 49.1 Å². The molecule has 1 heterocycles. The smallest absolute Gasteiger partial charge is 0.261 e. The topological polar surface area (TPSA) is 46.9 Å². The Morgan fingerprint density at radius 1 is 1.00 bits per heavy atom. The first kappa shape index (κ1) is 15.7.